The van der Waals surface area contributed by atoms with Gasteiger partial charge in [-0.3, -0.25) is 0 Å². The van der Waals surface area contributed by atoms with E-state index in [9.17, 15) is 18.9 Å². The van der Waals surface area contributed by atoms with Crippen molar-refractivity contribution in [2.45, 2.75) is 6.43 Å². The van der Waals surface area contributed by atoms with Gasteiger partial charge >= 0.3 is 12.2 Å². The SMILES string of the molecule is COc1cc(C(F)F)nc([N+](=O)[O-])c1Cl. The van der Waals surface area contributed by atoms with E-state index in [-0.39, 0.29) is 5.75 Å². The molecule has 0 aliphatic heterocycles. The molecule has 0 amide bonds. The summed E-state index contributed by atoms with van der Waals surface area (Å²) in [7, 11) is 1.17. The van der Waals surface area contributed by atoms with Crippen LogP contribution in [0.15, 0.2) is 6.07 Å². The number of nitro groups is 1. The van der Waals surface area contributed by atoms with Crippen molar-refractivity contribution in [3.05, 3.63) is 26.9 Å². The van der Waals surface area contributed by atoms with Crippen LogP contribution in [0.5, 0.6) is 5.75 Å². The molecule has 1 aromatic heterocycles. The van der Waals surface area contributed by atoms with Gasteiger partial charge in [-0.25, -0.2) is 8.78 Å². The lowest BCUT2D eigenvalue weighted by molar-refractivity contribution is -0.389. The number of alkyl halides is 2. The predicted molar refractivity (Wildman–Crippen MR) is 47.4 cm³/mol. The molecule has 0 saturated heterocycles. The molecule has 0 aliphatic carbocycles. The summed E-state index contributed by atoms with van der Waals surface area (Å²) in [6.45, 7) is 0. The molecule has 15 heavy (non-hydrogen) atoms. The average Bonchev–Trinajstić information content (AvgIpc) is 2.17. The molecule has 0 fully saturated rings. The van der Waals surface area contributed by atoms with Crippen molar-refractivity contribution in [2.75, 3.05) is 7.11 Å². The molecule has 1 rings (SSSR count). The van der Waals surface area contributed by atoms with Gasteiger partial charge in [-0.15, -0.1) is 0 Å². The molecule has 5 nitrogen and oxygen atoms in total. The van der Waals surface area contributed by atoms with E-state index in [2.05, 4.69) is 9.72 Å². The molecule has 8 heteroatoms. The van der Waals surface area contributed by atoms with Crippen LogP contribution in [-0.4, -0.2) is 17.0 Å². The van der Waals surface area contributed by atoms with E-state index >= 15 is 0 Å². The number of aromatic nitrogens is 1. The van der Waals surface area contributed by atoms with Crippen LogP contribution < -0.4 is 4.74 Å². The summed E-state index contributed by atoms with van der Waals surface area (Å²) in [6, 6.07) is 0.861. The Bertz CT molecular complexity index is 400. The zero-order valence-electron chi connectivity index (χ0n) is 7.41. The van der Waals surface area contributed by atoms with Crippen LogP contribution in [0.1, 0.15) is 12.1 Å². The van der Waals surface area contributed by atoms with E-state index in [0.29, 0.717) is 0 Å². The molecule has 0 aromatic carbocycles. The van der Waals surface area contributed by atoms with Crippen molar-refractivity contribution < 1.29 is 18.4 Å². The Morgan fingerprint density at radius 3 is 2.67 bits per heavy atom. The standard InChI is InChI=1S/C7H5ClF2N2O3/c1-15-4-2-3(6(9)10)11-7(5(4)8)12(13)14/h2,6H,1H3. The Kier molecular flexibility index (Phi) is 3.35. The maximum absolute atomic E-state index is 12.3. The summed E-state index contributed by atoms with van der Waals surface area (Å²) >= 11 is 5.51. The Morgan fingerprint density at radius 2 is 2.27 bits per heavy atom. The third kappa shape index (κ3) is 2.30. The lowest BCUT2D eigenvalue weighted by Gasteiger charge is -2.04. The largest absolute Gasteiger partial charge is 0.495 e. The average molecular weight is 239 g/mol. The normalized spacial score (nSPS) is 10.5. The summed E-state index contributed by atoms with van der Waals surface area (Å²) in [4.78, 5) is 12.6. The number of methoxy groups -OCH3 is 1. The summed E-state index contributed by atoms with van der Waals surface area (Å²) in [5.41, 5.74) is -0.747. The fourth-order valence-electron chi connectivity index (χ4n) is 0.893. The second kappa shape index (κ2) is 4.35. The summed E-state index contributed by atoms with van der Waals surface area (Å²) in [5, 5.41) is 10.0. The van der Waals surface area contributed by atoms with Gasteiger partial charge in [0.15, 0.2) is 5.02 Å². The van der Waals surface area contributed by atoms with Gasteiger partial charge < -0.3 is 14.9 Å². The number of rotatable bonds is 3. The van der Waals surface area contributed by atoms with E-state index in [4.69, 9.17) is 11.6 Å². The van der Waals surface area contributed by atoms with Crippen molar-refractivity contribution in [2.24, 2.45) is 0 Å². The summed E-state index contributed by atoms with van der Waals surface area (Å²) < 4.78 is 29.2. The van der Waals surface area contributed by atoms with E-state index < -0.39 is 27.9 Å². The van der Waals surface area contributed by atoms with Gasteiger partial charge in [-0.2, -0.15) is 0 Å². The van der Waals surface area contributed by atoms with Crippen LogP contribution in [0.3, 0.4) is 0 Å². The molecule has 0 N–H and O–H groups in total. The Labute approximate surface area is 87.8 Å². The van der Waals surface area contributed by atoms with Crippen LogP contribution >= 0.6 is 11.6 Å². The topological polar surface area (TPSA) is 65.3 Å². The van der Waals surface area contributed by atoms with E-state index in [1.165, 1.54) is 7.11 Å². The van der Waals surface area contributed by atoms with Gasteiger partial charge in [0.2, 0.25) is 5.69 Å². The van der Waals surface area contributed by atoms with Crippen molar-refractivity contribution >= 4 is 17.4 Å². The third-order valence-corrected chi connectivity index (χ3v) is 1.90. The van der Waals surface area contributed by atoms with Crippen LogP contribution in [-0.2, 0) is 0 Å². The number of pyridine rings is 1. The van der Waals surface area contributed by atoms with Crippen LogP contribution in [0.2, 0.25) is 5.02 Å². The fraction of sp³-hybridized carbons (Fsp3) is 0.286. The molecule has 0 aliphatic rings. The van der Waals surface area contributed by atoms with Crippen molar-refractivity contribution in [3.63, 3.8) is 0 Å². The minimum absolute atomic E-state index is 0.200. The Morgan fingerprint density at radius 1 is 1.67 bits per heavy atom. The number of nitrogens with zero attached hydrogens (tertiary/aromatic N) is 2. The second-order valence-electron chi connectivity index (χ2n) is 2.44. The number of ether oxygens (including phenoxy) is 1. The summed E-state index contributed by atoms with van der Waals surface area (Å²) in [6.07, 6.45) is -2.92. The maximum atomic E-state index is 12.3. The first-order valence-corrected chi connectivity index (χ1v) is 4.02. The zero-order valence-corrected chi connectivity index (χ0v) is 8.16. The van der Waals surface area contributed by atoms with Gasteiger partial charge in [-0.05, 0) is 9.91 Å². The van der Waals surface area contributed by atoms with E-state index in [0.717, 1.165) is 6.07 Å². The van der Waals surface area contributed by atoms with E-state index in [1.54, 1.807) is 0 Å². The molecular weight excluding hydrogens is 234 g/mol. The van der Waals surface area contributed by atoms with Crippen molar-refractivity contribution in [3.8, 4) is 5.75 Å². The van der Waals surface area contributed by atoms with Gasteiger partial charge in [0.05, 0.1) is 7.11 Å². The molecule has 0 atom stereocenters. The highest BCUT2D eigenvalue weighted by atomic mass is 35.5. The molecule has 1 aromatic rings. The third-order valence-electron chi connectivity index (χ3n) is 1.54. The second-order valence-corrected chi connectivity index (χ2v) is 2.82. The predicted octanol–water partition coefficient (Wildman–Crippen LogP) is 2.59. The molecule has 0 spiro atoms. The molecule has 0 bridgehead atoms. The maximum Gasteiger partial charge on any atom is 0.386 e. The van der Waals surface area contributed by atoms with Gasteiger partial charge in [0.1, 0.15) is 5.75 Å². The fourth-order valence-corrected chi connectivity index (χ4v) is 1.14. The minimum atomic E-state index is -2.92. The Balaban J connectivity index is 3.38. The van der Waals surface area contributed by atoms with E-state index in [1.807, 2.05) is 0 Å². The highest BCUT2D eigenvalue weighted by Gasteiger charge is 2.26. The quantitative estimate of drug-likeness (QED) is 0.600. The number of hydrogen-bond acceptors (Lipinski definition) is 4. The number of halogens is 3. The van der Waals surface area contributed by atoms with Crippen LogP contribution in [0.25, 0.3) is 0 Å². The molecular formula is C7H5ClF2N2O3. The molecule has 0 radical (unpaired) electrons. The van der Waals surface area contributed by atoms with Gasteiger partial charge in [0.25, 0.3) is 0 Å². The highest BCUT2D eigenvalue weighted by Crippen LogP contribution is 2.34. The zero-order chi connectivity index (χ0) is 11.6. The lowest BCUT2D eigenvalue weighted by Crippen LogP contribution is -2.00. The summed E-state index contributed by atoms with van der Waals surface area (Å²) in [5.74, 6) is -1.04. The smallest absolute Gasteiger partial charge is 0.386 e. The van der Waals surface area contributed by atoms with Crippen LogP contribution in [0, 0.1) is 10.1 Å². The van der Waals surface area contributed by atoms with Gasteiger partial charge in [0, 0.05) is 6.07 Å². The molecule has 0 unspecified atom stereocenters. The molecule has 0 saturated carbocycles. The Hall–Kier alpha value is -1.50. The monoisotopic (exact) mass is 238 g/mol. The lowest BCUT2D eigenvalue weighted by atomic mass is 10.3. The molecule has 82 valence electrons. The van der Waals surface area contributed by atoms with Crippen LogP contribution in [0.4, 0.5) is 14.6 Å². The van der Waals surface area contributed by atoms with Crippen molar-refractivity contribution in [1.29, 1.82) is 0 Å². The molecule has 1 heterocycles. The number of hydrogen-bond donors (Lipinski definition) is 0. The first-order chi connectivity index (χ1) is 6.97. The van der Waals surface area contributed by atoms with Gasteiger partial charge in [-0.1, -0.05) is 11.6 Å². The highest BCUT2D eigenvalue weighted by molar-refractivity contribution is 6.33. The van der Waals surface area contributed by atoms with Crippen molar-refractivity contribution in [1.82, 2.24) is 4.98 Å². The first kappa shape index (κ1) is 11.6. The minimum Gasteiger partial charge on any atom is -0.495 e. The first-order valence-electron chi connectivity index (χ1n) is 3.64.